The normalized spacial score (nSPS) is 13.6. The third kappa shape index (κ3) is 5.51. The summed E-state index contributed by atoms with van der Waals surface area (Å²) >= 11 is 0. The number of pyridine rings is 1. The third-order valence-corrected chi connectivity index (χ3v) is 4.70. The number of carbonyl (C=O) groups is 2. The van der Waals surface area contributed by atoms with Crippen molar-refractivity contribution in [1.82, 2.24) is 4.98 Å². The highest BCUT2D eigenvalue weighted by Crippen LogP contribution is 2.20. The number of benzene rings is 1. The number of Topliss-reactive ketones (excluding diaryl/α,β-unsaturated/α-hetero) is 1. The maximum atomic E-state index is 12.4. The Kier molecular flexibility index (Phi) is 6.36. The van der Waals surface area contributed by atoms with Gasteiger partial charge in [-0.25, -0.2) is 0 Å². The summed E-state index contributed by atoms with van der Waals surface area (Å²) in [5, 5.41) is 6.18. The monoisotopic (exact) mass is 363 g/mol. The van der Waals surface area contributed by atoms with Gasteiger partial charge in [0, 0.05) is 29.7 Å². The lowest BCUT2D eigenvalue weighted by Gasteiger charge is -2.13. The molecule has 0 radical (unpaired) electrons. The Balaban J connectivity index is 1.56. The molecule has 1 heterocycles. The molecule has 0 saturated carbocycles. The number of amides is 1. The fourth-order valence-electron chi connectivity index (χ4n) is 3.15. The van der Waals surface area contributed by atoms with Crippen LogP contribution in [0.15, 0.2) is 54.2 Å². The summed E-state index contributed by atoms with van der Waals surface area (Å²) in [6, 6.07) is 10.5. The molecule has 0 bridgehead atoms. The maximum absolute atomic E-state index is 12.4. The molecule has 1 amide bonds. The minimum absolute atomic E-state index is 0.00249. The molecule has 5 heteroatoms. The van der Waals surface area contributed by atoms with Crippen LogP contribution in [0.5, 0.6) is 0 Å². The van der Waals surface area contributed by atoms with Gasteiger partial charge in [0.1, 0.15) is 5.69 Å². The lowest BCUT2D eigenvalue weighted by Crippen LogP contribution is -2.14. The van der Waals surface area contributed by atoms with E-state index >= 15 is 0 Å². The van der Waals surface area contributed by atoms with Gasteiger partial charge in [0.05, 0.1) is 0 Å². The Bertz CT molecular complexity index is 841. The van der Waals surface area contributed by atoms with E-state index in [0.29, 0.717) is 16.9 Å². The van der Waals surface area contributed by atoms with E-state index in [0.717, 1.165) is 18.7 Å². The number of anilines is 2. The van der Waals surface area contributed by atoms with E-state index in [4.69, 9.17) is 0 Å². The van der Waals surface area contributed by atoms with Crippen molar-refractivity contribution in [3.8, 4) is 0 Å². The first-order valence-corrected chi connectivity index (χ1v) is 9.42. The first-order chi connectivity index (χ1) is 13.1. The molecule has 27 heavy (non-hydrogen) atoms. The van der Waals surface area contributed by atoms with Gasteiger partial charge >= 0.3 is 0 Å². The molecule has 0 saturated heterocycles. The molecule has 0 unspecified atom stereocenters. The van der Waals surface area contributed by atoms with Crippen LogP contribution in [0.25, 0.3) is 0 Å². The van der Waals surface area contributed by atoms with Crippen LogP contribution >= 0.6 is 0 Å². The van der Waals surface area contributed by atoms with Gasteiger partial charge in [-0.1, -0.05) is 11.6 Å². The summed E-state index contributed by atoms with van der Waals surface area (Å²) in [4.78, 5) is 27.9. The highest BCUT2D eigenvalue weighted by atomic mass is 16.2. The summed E-state index contributed by atoms with van der Waals surface area (Å²) < 4.78 is 0. The van der Waals surface area contributed by atoms with Crippen molar-refractivity contribution < 1.29 is 9.59 Å². The van der Waals surface area contributed by atoms with Gasteiger partial charge in [-0.05, 0) is 75.4 Å². The number of nitrogens with zero attached hydrogens (tertiary/aromatic N) is 1. The van der Waals surface area contributed by atoms with Crippen LogP contribution in [0.1, 0.15) is 59.9 Å². The number of nitrogens with one attached hydrogen (secondary N) is 2. The molecule has 3 rings (SSSR count). The average molecular weight is 363 g/mol. The summed E-state index contributed by atoms with van der Waals surface area (Å²) in [6.45, 7) is 2.37. The molecular weight excluding hydrogens is 338 g/mol. The van der Waals surface area contributed by atoms with E-state index in [1.54, 1.807) is 36.5 Å². The number of rotatable bonds is 7. The van der Waals surface area contributed by atoms with Crippen molar-refractivity contribution >= 4 is 23.1 Å². The predicted molar refractivity (Wildman–Crippen MR) is 108 cm³/mol. The van der Waals surface area contributed by atoms with Gasteiger partial charge in [-0.15, -0.1) is 0 Å². The second-order valence-corrected chi connectivity index (χ2v) is 6.80. The van der Waals surface area contributed by atoms with Crippen molar-refractivity contribution in [2.75, 3.05) is 17.2 Å². The lowest BCUT2D eigenvalue weighted by molar-refractivity contribution is 0.101. The zero-order valence-corrected chi connectivity index (χ0v) is 15.6. The third-order valence-electron chi connectivity index (χ3n) is 4.70. The van der Waals surface area contributed by atoms with Crippen molar-refractivity contribution in [2.45, 2.75) is 39.0 Å². The van der Waals surface area contributed by atoms with E-state index in [2.05, 4.69) is 21.7 Å². The van der Waals surface area contributed by atoms with Gasteiger partial charge < -0.3 is 10.6 Å². The minimum Gasteiger partial charge on any atom is -0.385 e. The summed E-state index contributed by atoms with van der Waals surface area (Å²) in [5.74, 6) is -0.276. The van der Waals surface area contributed by atoms with Crippen LogP contribution in [0, 0.1) is 0 Å². The van der Waals surface area contributed by atoms with Gasteiger partial charge in [-0.3, -0.25) is 14.6 Å². The Morgan fingerprint density at radius 1 is 1.07 bits per heavy atom. The number of ketones is 1. The van der Waals surface area contributed by atoms with Gasteiger partial charge in [0.15, 0.2) is 5.78 Å². The molecule has 140 valence electrons. The molecule has 0 fully saturated rings. The molecule has 1 aromatic carbocycles. The summed E-state index contributed by atoms with van der Waals surface area (Å²) in [6.07, 6.45) is 10.0. The highest BCUT2D eigenvalue weighted by Gasteiger charge is 2.09. The Labute approximate surface area is 159 Å². The first-order valence-electron chi connectivity index (χ1n) is 9.42. The molecular formula is C22H25N3O2. The van der Waals surface area contributed by atoms with Crippen LogP contribution in [-0.2, 0) is 0 Å². The second kappa shape index (κ2) is 9.12. The van der Waals surface area contributed by atoms with Crippen LogP contribution < -0.4 is 10.6 Å². The number of hydrogen-bond donors (Lipinski definition) is 2. The lowest BCUT2D eigenvalue weighted by atomic mass is 9.97. The van der Waals surface area contributed by atoms with Crippen molar-refractivity contribution in [3.63, 3.8) is 0 Å². The average Bonchev–Trinajstić information content (AvgIpc) is 2.69. The standard InChI is InChI=1S/C22H25N3O2/c1-16(26)18-7-9-19(10-8-18)25-22(27)21-15-20(12-14-24-21)23-13-11-17-5-3-2-4-6-17/h5,7-10,12,14-15H,2-4,6,11,13H2,1H3,(H,23,24)(H,25,27). The number of carbonyl (C=O) groups excluding carboxylic acids is 2. The minimum atomic E-state index is -0.274. The van der Waals surface area contributed by atoms with E-state index in [9.17, 15) is 9.59 Å². The molecule has 1 aliphatic carbocycles. The highest BCUT2D eigenvalue weighted by molar-refractivity contribution is 6.03. The molecule has 2 aromatic rings. The Morgan fingerprint density at radius 3 is 2.59 bits per heavy atom. The summed E-state index contributed by atoms with van der Waals surface area (Å²) in [5.41, 5.74) is 4.01. The molecule has 0 aliphatic heterocycles. The van der Waals surface area contributed by atoms with E-state index < -0.39 is 0 Å². The quantitative estimate of drug-likeness (QED) is 0.545. The van der Waals surface area contributed by atoms with Crippen molar-refractivity contribution in [1.29, 1.82) is 0 Å². The SMILES string of the molecule is CC(=O)c1ccc(NC(=O)c2cc(NCCC3=CCCCC3)ccn2)cc1. The maximum Gasteiger partial charge on any atom is 0.274 e. The summed E-state index contributed by atoms with van der Waals surface area (Å²) in [7, 11) is 0. The van der Waals surface area contributed by atoms with Crippen LogP contribution in [0.2, 0.25) is 0 Å². The van der Waals surface area contributed by atoms with E-state index in [-0.39, 0.29) is 11.7 Å². The van der Waals surface area contributed by atoms with Crippen LogP contribution in [-0.4, -0.2) is 23.2 Å². The first kappa shape index (κ1) is 18.8. The van der Waals surface area contributed by atoms with Crippen LogP contribution in [0.4, 0.5) is 11.4 Å². The van der Waals surface area contributed by atoms with Crippen LogP contribution in [0.3, 0.4) is 0 Å². The number of allylic oxidation sites excluding steroid dienone is 1. The smallest absolute Gasteiger partial charge is 0.274 e. The molecule has 2 N–H and O–H groups in total. The van der Waals surface area contributed by atoms with Gasteiger partial charge in [0.25, 0.3) is 5.91 Å². The molecule has 5 nitrogen and oxygen atoms in total. The number of hydrogen-bond acceptors (Lipinski definition) is 4. The fraction of sp³-hybridized carbons (Fsp3) is 0.318. The second-order valence-electron chi connectivity index (χ2n) is 6.80. The topological polar surface area (TPSA) is 71.1 Å². The molecule has 1 aromatic heterocycles. The van der Waals surface area contributed by atoms with Crippen molar-refractivity contribution in [3.05, 3.63) is 65.5 Å². The molecule has 0 atom stereocenters. The predicted octanol–water partition coefficient (Wildman–Crippen LogP) is 4.84. The zero-order valence-electron chi connectivity index (χ0n) is 15.6. The Hall–Kier alpha value is -2.95. The van der Waals surface area contributed by atoms with Gasteiger partial charge in [-0.2, -0.15) is 0 Å². The fourth-order valence-corrected chi connectivity index (χ4v) is 3.15. The van der Waals surface area contributed by atoms with Crippen molar-refractivity contribution in [2.24, 2.45) is 0 Å². The molecule has 0 spiro atoms. The Morgan fingerprint density at radius 2 is 1.89 bits per heavy atom. The molecule has 1 aliphatic rings. The van der Waals surface area contributed by atoms with E-state index in [1.807, 2.05) is 6.07 Å². The van der Waals surface area contributed by atoms with Gasteiger partial charge in [0.2, 0.25) is 0 Å². The largest absolute Gasteiger partial charge is 0.385 e. The number of aromatic nitrogens is 1. The zero-order chi connectivity index (χ0) is 19.1. The van der Waals surface area contributed by atoms with E-state index in [1.165, 1.54) is 38.2 Å².